The molecule has 258 valence electrons. The number of sulfonamides is 2. The Bertz CT molecular complexity index is 2420. The molecule has 0 fully saturated rings. The molecule has 0 aliphatic carbocycles. The van der Waals surface area contributed by atoms with Gasteiger partial charge in [-0.3, -0.25) is 9.59 Å². The molecule has 0 atom stereocenters. The van der Waals surface area contributed by atoms with Gasteiger partial charge in [-0.15, -0.1) is 0 Å². The van der Waals surface area contributed by atoms with Gasteiger partial charge in [0, 0.05) is 24.2 Å². The van der Waals surface area contributed by atoms with E-state index in [4.69, 9.17) is 41.2 Å². The molecule has 6 rings (SSSR count). The molecule has 0 unspecified atom stereocenters. The summed E-state index contributed by atoms with van der Waals surface area (Å²) >= 11 is 0. The molecule has 0 aliphatic heterocycles. The highest BCUT2D eigenvalue weighted by atomic mass is 32.2. The second kappa shape index (κ2) is 12.6. The molecule has 0 radical (unpaired) electrons. The molecule has 0 saturated heterocycles. The quantitative estimate of drug-likeness (QED) is 0.151. The number of rotatable bonds is 11. The number of aryl methyl sites for hydroxylation is 2. The van der Waals surface area contributed by atoms with Crippen LogP contribution in [0.25, 0.3) is 44.8 Å². The van der Waals surface area contributed by atoms with Crippen LogP contribution in [-0.2, 0) is 33.1 Å². The van der Waals surface area contributed by atoms with E-state index in [2.05, 4.69) is 0 Å². The van der Waals surface area contributed by atoms with E-state index in [9.17, 15) is 26.4 Å². The lowest BCUT2D eigenvalue weighted by molar-refractivity contribution is 0.0989. The number of aromatic nitrogens is 4. The van der Waals surface area contributed by atoms with Crippen LogP contribution in [0.5, 0.6) is 11.5 Å². The van der Waals surface area contributed by atoms with Crippen molar-refractivity contribution in [1.29, 1.82) is 0 Å². The highest BCUT2D eigenvalue weighted by Gasteiger charge is 2.27. The van der Waals surface area contributed by atoms with Gasteiger partial charge in [-0.1, -0.05) is 24.3 Å². The summed E-state index contributed by atoms with van der Waals surface area (Å²) in [6.45, 7) is 0.111. The smallest absolute Gasteiger partial charge is 0.252 e. The predicted molar refractivity (Wildman–Crippen MR) is 183 cm³/mol. The van der Waals surface area contributed by atoms with Gasteiger partial charge in [0.2, 0.25) is 20.0 Å². The molecule has 4 aromatic carbocycles. The van der Waals surface area contributed by atoms with Gasteiger partial charge in [-0.05, 0) is 48.5 Å². The molecule has 2 aromatic heterocycles. The maximum absolute atomic E-state index is 12.7. The van der Waals surface area contributed by atoms with Crippen molar-refractivity contribution in [3.63, 3.8) is 0 Å². The highest BCUT2D eigenvalue weighted by molar-refractivity contribution is 7.89. The van der Waals surface area contributed by atoms with Crippen molar-refractivity contribution in [2.45, 2.75) is 22.9 Å². The molecule has 0 bridgehead atoms. The number of fused-ring (bicyclic) bond motifs is 2. The minimum absolute atomic E-state index is 0.0516. The van der Waals surface area contributed by atoms with Crippen LogP contribution in [0.1, 0.15) is 20.7 Å². The summed E-state index contributed by atoms with van der Waals surface area (Å²) in [5.74, 6) is -1.07. The average molecular weight is 719 g/mol. The number of hydrogen-bond acceptors (Lipinski definition) is 10. The minimum Gasteiger partial charge on any atom is -0.494 e. The first-order valence-electron chi connectivity index (χ1n) is 14.7. The number of primary amides is 2. The van der Waals surface area contributed by atoms with E-state index in [0.717, 1.165) is 0 Å². The predicted octanol–water partition coefficient (Wildman–Crippen LogP) is 1.93. The molecule has 16 nitrogen and oxygen atoms in total. The molecule has 2 amide bonds. The fourth-order valence-electron chi connectivity index (χ4n) is 6.00. The lowest BCUT2D eigenvalue weighted by Gasteiger charge is -2.15. The number of carbonyl (C=O) groups is 2. The van der Waals surface area contributed by atoms with Gasteiger partial charge in [0.25, 0.3) is 11.8 Å². The summed E-state index contributed by atoms with van der Waals surface area (Å²) in [4.78, 5) is 33.6. The maximum Gasteiger partial charge on any atom is 0.252 e. The van der Waals surface area contributed by atoms with Crippen molar-refractivity contribution in [1.82, 2.24) is 19.1 Å². The van der Waals surface area contributed by atoms with Gasteiger partial charge in [-0.2, -0.15) is 0 Å². The van der Waals surface area contributed by atoms with Crippen molar-refractivity contribution in [2.24, 2.45) is 21.7 Å². The zero-order valence-corrected chi connectivity index (χ0v) is 28.2. The summed E-state index contributed by atoms with van der Waals surface area (Å²) in [5, 5.41) is 11.2. The van der Waals surface area contributed by atoms with Crippen LogP contribution in [0.2, 0.25) is 0 Å². The Hall–Kier alpha value is -5.82. The Labute approximate surface area is 285 Å². The monoisotopic (exact) mass is 718 g/mol. The number of nitrogens with two attached hydrogens (primary N) is 4. The lowest BCUT2D eigenvalue weighted by atomic mass is 10.1. The molecule has 50 heavy (non-hydrogen) atoms. The first kappa shape index (κ1) is 34.1. The Morgan fingerprint density at radius 1 is 0.620 bits per heavy atom. The number of benzene rings is 4. The van der Waals surface area contributed by atoms with E-state index in [0.29, 0.717) is 11.0 Å². The number of primary sulfonamides is 2. The van der Waals surface area contributed by atoms with Crippen molar-refractivity contribution in [3.05, 3.63) is 83.9 Å². The fourth-order valence-corrected chi connectivity index (χ4v) is 7.47. The van der Waals surface area contributed by atoms with Gasteiger partial charge < -0.3 is 30.1 Å². The van der Waals surface area contributed by atoms with Gasteiger partial charge in [0.1, 0.15) is 22.7 Å². The lowest BCUT2D eigenvalue weighted by Crippen LogP contribution is -2.16. The molecule has 8 N–H and O–H groups in total. The van der Waals surface area contributed by atoms with Crippen molar-refractivity contribution >= 4 is 53.9 Å². The van der Waals surface area contributed by atoms with Crippen molar-refractivity contribution in [3.8, 4) is 34.3 Å². The third-order valence-electron chi connectivity index (χ3n) is 8.10. The molecule has 0 spiro atoms. The van der Waals surface area contributed by atoms with Gasteiger partial charge >= 0.3 is 0 Å². The summed E-state index contributed by atoms with van der Waals surface area (Å²) in [6, 6.07) is 18.2. The summed E-state index contributed by atoms with van der Waals surface area (Å²) in [6.07, 6.45) is 0. The van der Waals surface area contributed by atoms with Crippen LogP contribution in [-0.4, -0.2) is 62.0 Å². The Morgan fingerprint density at radius 2 is 0.980 bits per heavy atom. The topological polar surface area (TPSA) is 261 Å². The molecule has 0 saturated carbocycles. The van der Waals surface area contributed by atoms with Gasteiger partial charge in [-0.25, -0.2) is 37.1 Å². The standard InChI is InChI=1S/C32H30N8O8S2/c1-47-27-19(29(33)41)11-13-21-25(27)37-31(17-7-3-5-9-23(17)49(35,43)44)39(21)15-16-40-22-14-12-20(30(34)42)28(48-2)26(22)38-32(40)18-8-4-6-10-24(18)50(36,45)46/h3-14H,15-16H2,1-2H3,(H2,33,41)(H2,34,42)(H2,35,43,44)(H2,36,45,46). The van der Waals surface area contributed by atoms with E-state index in [1.807, 2.05) is 0 Å². The highest BCUT2D eigenvalue weighted by Crippen LogP contribution is 2.38. The first-order valence-corrected chi connectivity index (χ1v) is 17.7. The number of amides is 2. The maximum atomic E-state index is 12.7. The van der Waals surface area contributed by atoms with Crippen molar-refractivity contribution in [2.75, 3.05) is 14.2 Å². The van der Waals surface area contributed by atoms with Crippen LogP contribution in [0.3, 0.4) is 0 Å². The van der Waals surface area contributed by atoms with Crippen LogP contribution in [0, 0.1) is 0 Å². The first-order chi connectivity index (χ1) is 23.7. The van der Waals surface area contributed by atoms with E-state index in [-0.39, 0.29) is 79.3 Å². The van der Waals surface area contributed by atoms with Gasteiger partial charge in [0.15, 0.2) is 11.5 Å². The number of imidazole rings is 2. The average Bonchev–Trinajstić information content (AvgIpc) is 3.63. The third-order valence-corrected chi connectivity index (χ3v) is 10.0. The number of ether oxygens (including phenoxy) is 2. The van der Waals surface area contributed by atoms with Gasteiger partial charge in [0.05, 0.1) is 46.2 Å². The molecular formula is C32H30N8O8S2. The third kappa shape index (κ3) is 5.79. The summed E-state index contributed by atoms with van der Waals surface area (Å²) in [5.41, 5.74) is 13.0. The van der Waals surface area contributed by atoms with E-state index in [1.54, 1.807) is 33.4 Å². The Kier molecular flexibility index (Phi) is 8.56. The fraction of sp³-hybridized carbons (Fsp3) is 0.125. The SMILES string of the molecule is COc1c(C(N)=O)ccc2c1nc(-c1ccccc1S(N)(=O)=O)n2CCn1c(-c2ccccc2S(N)(=O)=O)nc2c(OC)c(C(N)=O)ccc21. The molecule has 2 heterocycles. The molecule has 6 aromatic rings. The summed E-state index contributed by atoms with van der Waals surface area (Å²) < 4.78 is 65.3. The number of hydrogen-bond donors (Lipinski definition) is 4. The Balaban J connectivity index is 1.64. The number of nitrogens with zero attached hydrogens (tertiary/aromatic N) is 4. The molecule has 0 aliphatic rings. The van der Waals surface area contributed by atoms with Crippen LogP contribution in [0.15, 0.2) is 82.6 Å². The van der Waals surface area contributed by atoms with E-state index in [1.165, 1.54) is 62.8 Å². The van der Waals surface area contributed by atoms with E-state index < -0.39 is 31.9 Å². The largest absolute Gasteiger partial charge is 0.494 e. The molecule has 18 heteroatoms. The normalized spacial score (nSPS) is 12.0. The van der Waals surface area contributed by atoms with Crippen LogP contribution >= 0.6 is 0 Å². The van der Waals surface area contributed by atoms with Crippen molar-refractivity contribution < 1.29 is 35.9 Å². The minimum atomic E-state index is -4.23. The number of methoxy groups -OCH3 is 2. The Morgan fingerprint density at radius 3 is 1.30 bits per heavy atom. The molecular weight excluding hydrogens is 689 g/mol. The zero-order valence-electron chi connectivity index (χ0n) is 26.5. The zero-order chi connectivity index (χ0) is 36.1. The van der Waals surface area contributed by atoms with Crippen LogP contribution < -0.4 is 31.2 Å². The second-order valence-corrected chi connectivity index (χ2v) is 14.1. The van der Waals surface area contributed by atoms with E-state index >= 15 is 0 Å². The van der Waals surface area contributed by atoms with Crippen LogP contribution in [0.4, 0.5) is 0 Å². The number of carbonyl (C=O) groups excluding carboxylic acids is 2. The second-order valence-electron chi connectivity index (χ2n) is 11.0. The summed E-state index contributed by atoms with van der Waals surface area (Å²) in [7, 11) is -5.78.